The highest BCUT2D eigenvalue weighted by molar-refractivity contribution is 5.78. The van der Waals surface area contributed by atoms with Crippen LogP contribution in [0.5, 0.6) is 5.75 Å². The predicted octanol–water partition coefficient (Wildman–Crippen LogP) is 2.83. The van der Waals surface area contributed by atoms with Crippen LogP contribution >= 0.6 is 0 Å². The Morgan fingerprint density at radius 2 is 1.71 bits per heavy atom. The van der Waals surface area contributed by atoms with Crippen molar-refractivity contribution in [2.75, 3.05) is 7.11 Å². The predicted molar refractivity (Wildman–Crippen MR) is 74.9 cm³/mol. The van der Waals surface area contributed by atoms with Crippen LogP contribution in [0.25, 0.3) is 0 Å². The minimum absolute atomic E-state index is 0.159. The third-order valence-corrected chi connectivity index (χ3v) is 3.00. The number of halogens is 2. The van der Waals surface area contributed by atoms with E-state index in [2.05, 4.69) is 5.32 Å². The first-order valence-corrected chi connectivity index (χ1v) is 6.42. The summed E-state index contributed by atoms with van der Waals surface area (Å²) >= 11 is 0. The fourth-order valence-corrected chi connectivity index (χ4v) is 1.84. The maximum atomic E-state index is 13.0. The number of carbonyl (C=O) groups excluding carboxylic acids is 1. The highest BCUT2D eigenvalue weighted by Crippen LogP contribution is 2.12. The van der Waals surface area contributed by atoms with Crippen molar-refractivity contribution in [1.82, 2.24) is 5.32 Å². The van der Waals surface area contributed by atoms with E-state index in [4.69, 9.17) is 4.74 Å². The van der Waals surface area contributed by atoms with Gasteiger partial charge in [0.05, 0.1) is 13.5 Å². The highest BCUT2D eigenvalue weighted by atomic mass is 19.2. The van der Waals surface area contributed by atoms with Crippen LogP contribution in [0, 0.1) is 11.6 Å². The summed E-state index contributed by atoms with van der Waals surface area (Å²) in [6.45, 7) is 0.159. The summed E-state index contributed by atoms with van der Waals surface area (Å²) in [5, 5.41) is 2.66. The van der Waals surface area contributed by atoms with E-state index >= 15 is 0 Å². The van der Waals surface area contributed by atoms with E-state index in [1.807, 2.05) is 0 Å². The zero-order valence-corrected chi connectivity index (χ0v) is 11.5. The molecule has 0 aliphatic heterocycles. The Bertz CT molecular complexity index is 627. The number of ether oxygens (including phenoxy) is 1. The van der Waals surface area contributed by atoms with Crippen LogP contribution in [0.4, 0.5) is 8.78 Å². The molecule has 0 radical (unpaired) electrons. The molecule has 3 nitrogen and oxygen atoms in total. The summed E-state index contributed by atoms with van der Waals surface area (Å²) in [7, 11) is 1.57. The van der Waals surface area contributed by atoms with Crippen LogP contribution in [0.3, 0.4) is 0 Å². The fraction of sp³-hybridized carbons (Fsp3) is 0.188. The Morgan fingerprint density at radius 3 is 2.33 bits per heavy atom. The molecule has 0 aliphatic carbocycles. The van der Waals surface area contributed by atoms with Crippen molar-refractivity contribution in [3.63, 3.8) is 0 Å². The molecule has 110 valence electrons. The van der Waals surface area contributed by atoms with Gasteiger partial charge in [-0.3, -0.25) is 4.79 Å². The third kappa shape index (κ3) is 4.27. The first kappa shape index (κ1) is 15.0. The van der Waals surface area contributed by atoms with Crippen molar-refractivity contribution in [2.24, 2.45) is 0 Å². The van der Waals surface area contributed by atoms with Gasteiger partial charge in [-0.25, -0.2) is 8.78 Å². The molecule has 0 spiro atoms. The lowest BCUT2D eigenvalue weighted by atomic mass is 10.1. The molecule has 0 atom stereocenters. The molecular weight excluding hydrogens is 276 g/mol. The summed E-state index contributed by atoms with van der Waals surface area (Å²) in [6, 6.07) is 10.7. The largest absolute Gasteiger partial charge is 0.497 e. The van der Waals surface area contributed by atoms with Crippen molar-refractivity contribution in [3.8, 4) is 5.75 Å². The van der Waals surface area contributed by atoms with E-state index in [1.54, 1.807) is 31.4 Å². The number of benzene rings is 2. The molecule has 0 saturated carbocycles. The Kier molecular flexibility index (Phi) is 4.87. The summed E-state index contributed by atoms with van der Waals surface area (Å²) in [5.74, 6) is -1.29. The molecule has 0 aromatic heterocycles. The lowest BCUT2D eigenvalue weighted by Gasteiger charge is -2.06. The van der Waals surface area contributed by atoms with Gasteiger partial charge in [0.25, 0.3) is 0 Å². The van der Waals surface area contributed by atoms with Gasteiger partial charge >= 0.3 is 0 Å². The second-order valence-electron chi connectivity index (χ2n) is 4.55. The van der Waals surface area contributed by atoms with Crippen LogP contribution in [-0.2, 0) is 17.8 Å². The SMILES string of the molecule is COc1ccc(CC(=O)NCc2ccc(F)c(F)c2)cc1. The molecule has 1 N–H and O–H groups in total. The van der Waals surface area contributed by atoms with E-state index in [0.29, 0.717) is 5.56 Å². The van der Waals surface area contributed by atoms with Gasteiger partial charge in [-0.1, -0.05) is 18.2 Å². The van der Waals surface area contributed by atoms with Crippen molar-refractivity contribution in [2.45, 2.75) is 13.0 Å². The fourth-order valence-electron chi connectivity index (χ4n) is 1.84. The summed E-state index contributed by atoms with van der Waals surface area (Å²) in [4.78, 5) is 11.8. The zero-order chi connectivity index (χ0) is 15.2. The minimum atomic E-state index is -0.920. The topological polar surface area (TPSA) is 38.3 Å². The van der Waals surface area contributed by atoms with Crippen LogP contribution in [-0.4, -0.2) is 13.0 Å². The van der Waals surface area contributed by atoms with Gasteiger partial charge in [0.1, 0.15) is 5.75 Å². The number of hydrogen-bond donors (Lipinski definition) is 1. The molecule has 2 aromatic carbocycles. The molecule has 0 heterocycles. The maximum Gasteiger partial charge on any atom is 0.224 e. The van der Waals surface area contributed by atoms with E-state index < -0.39 is 11.6 Å². The summed E-state index contributed by atoms with van der Waals surface area (Å²) in [6.07, 6.45) is 0.216. The Morgan fingerprint density at radius 1 is 1.05 bits per heavy atom. The number of amides is 1. The van der Waals surface area contributed by atoms with Crippen LogP contribution in [0.2, 0.25) is 0 Å². The normalized spacial score (nSPS) is 10.2. The standard InChI is InChI=1S/C16H15F2NO2/c1-21-13-5-2-11(3-6-13)9-16(20)19-10-12-4-7-14(17)15(18)8-12/h2-8H,9-10H2,1H3,(H,19,20). The van der Waals surface area contributed by atoms with Gasteiger partial charge in [0.15, 0.2) is 11.6 Å². The van der Waals surface area contributed by atoms with Gasteiger partial charge in [0, 0.05) is 6.54 Å². The first-order valence-electron chi connectivity index (χ1n) is 6.42. The average Bonchev–Trinajstić information content (AvgIpc) is 2.49. The van der Waals surface area contributed by atoms with Gasteiger partial charge < -0.3 is 10.1 Å². The molecule has 0 fully saturated rings. The van der Waals surface area contributed by atoms with Crippen molar-refractivity contribution < 1.29 is 18.3 Å². The van der Waals surface area contributed by atoms with Crippen molar-refractivity contribution in [3.05, 3.63) is 65.2 Å². The van der Waals surface area contributed by atoms with Gasteiger partial charge in [-0.2, -0.15) is 0 Å². The monoisotopic (exact) mass is 291 g/mol. The molecule has 0 unspecified atom stereocenters. The second-order valence-corrected chi connectivity index (χ2v) is 4.55. The van der Waals surface area contributed by atoms with Crippen LogP contribution < -0.4 is 10.1 Å². The Balaban J connectivity index is 1.87. The molecule has 1 amide bonds. The van der Waals surface area contributed by atoms with Crippen LogP contribution in [0.15, 0.2) is 42.5 Å². The molecule has 2 rings (SSSR count). The highest BCUT2D eigenvalue weighted by Gasteiger charge is 2.06. The lowest BCUT2D eigenvalue weighted by Crippen LogP contribution is -2.24. The number of hydrogen-bond acceptors (Lipinski definition) is 2. The number of carbonyl (C=O) groups is 1. The van der Waals surface area contributed by atoms with Crippen molar-refractivity contribution in [1.29, 1.82) is 0 Å². The molecule has 2 aromatic rings. The van der Waals surface area contributed by atoms with Gasteiger partial charge in [-0.05, 0) is 35.4 Å². The van der Waals surface area contributed by atoms with E-state index in [9.17, 15) is 13.6 Å². The zero-order valence-electron chi connectivity index (χ0n) is 11.5. The van der Waals surface area contributed by atoms with Gasteiger partial charge in [0.2, 0.25) is 5.91 Å². The Hall–Kier alpha value is -2.43. The summed E-state index contributed by atoms with van der Waals surface area (Å²) < 4.78 is 30.8. The van der Waals surface area contributed by atoms with E-state index in [1.165, 1.54) is 6.07 Å². The molecule has 21 heavy (non-hydrogen) atoms. The minimum Gasteiger partial charge on any atom is -0.497 e. The number of methoxy groups -OCH3 is 1. The lowest BCUT2D eigenvalue weighted by molar-refractivity contribution is -0.120. The Labute approximate surface area is 121 Å². The summed E-state index contributed by atoms with van der Waals surface area (Å²) in [5.41, 5.74) is 1.36. The molecule has 0 bridgehead atoms. The average molecular weight is 291 g/mol. The first-order chi connectivity index (χ1) is 10.1. The quantitative estimate of drug-likeness (QED) is 0.920. The van der Waals surface area contributed by atoms with E-state index in [-0.39, 0.29) is 18.9 Å². The molecule has 0 aliphatic rings. The van der Waals surface area contributed by atoms with Crippen LogP contribution in [0.1, 0.15) is 11.1 Å². The molecule has 0 saturated heterocycles. The molecular formula is C16H15F2NO2. The number of rotatable bonds is 5. The van der Waals surface area contributed by atoms with Gasteiger partial charge in [-0.15, -0.1) is 0 Å². The van der Waals surface area contributed by atoms with E-state index in [0.717, 1.165) is 23.4 Å². The van der Waals surface area contributed by atoms with Crippen molar-refractivity contribution >= 4 is 5.91 Å². The molecule has 5 heteroatoms. The maximum absolute atomic E-state index is 13.0. The second kappa shape index (κ2) is 6.83. The smallest absolute Gasteiger partial charge is 0.224 e. The third-order valence-electron chi connectivity index (χ3n) is 3.00. The number of nitrogens with one attached hydrogen (secondary N) is 1.